The molecule has 0 radical (unpaired) electrons. The Kier molecular flexibility index (Phi) is 3.52. The summed E-state index contributed by atoms with van der Waals surface area (Å²) in [6.45, 7) is 0. The van der Waals surface area contributed by atoms with Crippen LogP contribution in [-0.2, 0) is 9.59 Å². The van der Waals surface area contributed by atoms with E-state index >= 15 is 0 Å². The zero-order valence-corrected chi connectivity index (χ0v) is 15.6. The van der Waals surface area contributed by atoms with E-state index in [9.17, 15) is 9.59 Å². The summed E-state index contributed by atoms with van der Waals surface area (Å²) in [5, 5.41) is 5.42. The zero-order chi connectivity index (χ0) is 18.5. The van der Waals surface area contributed by atoms with Gasteiger partial charge in [-0.15, -0.1) is 0 Å². The number of hydrogen-bond donors (Lipinski definition) is 2. The van der Waals surface area contributed by atoms with Crippen LogP contribution in [0, 0.1) is 0 Å². The molecule has 1 aliphatic heterocycles. The standard InChI is InChI=1S/C22H13BrN2O2/c23-20-13-6-2-1-5-12(13)9-10-15(20)18-19(22(27)25-21(18)26)16-11-24-17-8-4-3-7-14(16)17/h1-11,24H,(H,25,26,27). The van der Waals surface area contributed by atoms with Crippen molar-refractivity contribution in [1.29, 1.82) is 0 Å². The number of nitrogens with one attached hydrogen (secondary N) is 2. The fourth-order valence-electron chi connectivity index (χ4n) is 3.67. The minimum atomic E-state index is -0.378. The highest BCUT2D eigenvalue weighted by atomic mass is 79.9. The highest BCUT2D eigenvalue weighted by molar-refractivity contribution is 9.10. The molecule has 1 aromatic heterocycles. The number of rotatable bonds is 2. The summed E-state index contributed by atoms with van der Waals surface area (Å²) < 4.78 is 0.804. The van der Waals surface area contributed by atoms with Crippen molar-refractivity contribution in [3.05, 3.63) is 82.5 Å². The molecule has 0 bridgehead atoms. The number of carbonyl (C=O) groups excluding carboxylic acids is 2. The average Bonchev–Trinajstić information content (AvgIpc) is 3.22. The summed E-state index contributed by atoms with van der Waals surface area (Å²) in [5.74, 6) is -0.754. The van der Waals surface area contributed by atoms with Crippen molar-refractivity contribution in [2.75, 3.05) is 0 Å². The molecule has 4 nitrogen and oxygen atoms in total. The number of para-hydroxylation sites is 1. The lowest BCUT2D eigenvalue weighted by atomic mass is 9.94. The van der Waals surface area contributed by atoms with E-state index in [0.717, 1.165) is 31.7 Å². The van der Waals surface area contributed by atoms with Gasteiger partial charge in [0.2, 0.25) is 0 Å². The number of aromatic nitrogens is 1. The van der Waals surface area contributed by atoms with Gasteiger partial charge in [0.1, 0.15) is 0 Å². The Labute approximate surface area is 163 Å². The molecule has 0 spiro atoms. The average molecular weight is 417 g/mol. The summed E-state index contributed by atoms with van der Waals surface area (Å²) in [6, 6.07) is 19.5. The second-order valence-corrected chi connectivity index (χ2v) is 7.22. The number of carbonyl (C=O) groups is 2. The van der Waals surface area contributed by atoms with Crippen LogP contribution in [0.3, 0.4) is 0 Å². The van der Waals surface area contributed by atoms with Crippen molar-refractivity contribution in [2.45, 2.75) is 0 Å². The first-order valence-electron chi connectivity index (χ1n) is 8.49. The van der Waals surface area contributed by atoms with Gasteiger partial charge in [0.15, 0.2) is 0 Å². The molecule has 0 fully saturated rings. The second-order valence-electron chi connectivity index (χ2n) is 6.43. The van der Waals surface area contributed by atoms with E-state index < -0.39 is 0 Å². The second kappa shape index (κ2) is 5.93. The van der Waals surface area contributed by atoms with Crippen molar-refractivity contribution < 1.29 is 9.59 Å². The maximum atomic E-state index is 12.7. The zero-order valence-electron chi connectivity index (χ0n) is 14.0. The first kappa shape index (κ1) is 16.0. The third kappa shape index (κ3) is 2.35. The van der Waals surface area contributed by atoms with Crippen LogP contribution in [-0.4, -0.2) is 16.8 Å². The number of aromatic amines is 1. The molecule has 0 atom stereocenters. The van der Waals surface area contributed by atoms with E-state index in [1.165, 1.54) is 0 Å². The summed E-state index contributed by atoms with van der Waals surface area (Å²) in [5.41, 5.74) is 3.14. The van der Waals surface area contributed by atoms with Gasteiger partial charge < -0.3 is 4.98 Å². The molecular formula is C22H13BrN2O2. The summed E-state index contributed by atoms with van der Waals surface area (Å²) in [6.07, 6.45) is 1.78. The molecule has 2 amide bonds. The van der Waals surface area contributed by atoms with Crippen LogP contribution in [0.1, 0.15) is 11.1 Å². The van der Waals surface area contributed by atoms with Crippen LogP contribution >= 0.6 is 15.9 Å². The molecule has 130 valence electrons. The van der Waals surface area contributed by atoms with Gasteiger partial charge in [0, 0.05) is 32.7 Å². The number of benzene rings is 3. The van der Waals surface area contributed by atoms with Crippen LogP contribution in [0.2, 0.25) is 0 Å². The fraction of sp³-hybridized carbons (Fsp3) is 0. The molecule has 0 saturated carbocycles. The van der Waals surface area contributed by atoms with Crippen LogP contribution < -0.4 is 5.32 Å². The number of amides is 2. The molecule has 0 saturated heterocycles. The Morgan fingerprint density at radius 1 is 0.704 bits per heavy atom. The SMILES string of the molecule is O=C1NC(=O)C(c2c[nH]c3ccccc23)=C1c1ccc2ccccc2c1Br. The Bertz CT molecular complexity index is 1300. The summed E-state index contributed by atoms with van der Waals surface area (Å²) in [4.78, 5) is 28.5. The molecule has 3 aromatic carbocycles. The van der Waals surface area contributed by atoms with Crippen LogP contribution in [0.5, 0.6) is 0 Å². The third-order valence-electron chi connectivity index (χ3n) is 4.92. The Morgan fingerprint density at radius 2 is 1.37 bits per heavy atom. The van der Waals surface area contributed by atoms with Gasteiger partial charge in [0.25, 0.3) is 11.8 Å². The lowest BCUT2D eigenvalue weighted by Gasteiger charge is -2.09. The predicted molar refractivity (Wildman–Crippen MR) is 110 cm³/mol. The van der Waals surface area contributed by atoms with Gasteiger partial charge >= 0.3 is 0 Å². The Hall–Kier alpha value is -3.18. The quantitative estimate of drug-likeness (QED) is 0.467. The number of hydrogen-bond acceptors (Lipinski definition) is 2. The van der Waals surface area contributed by atoms with E-state index in [-0.39, 0.29) is 11.8 Å². The molecule has 27 heavy (non-hydrogen) atoms. The van der Waals surface area contributed by atoms with Crippen LogP contribution in [0.25, 0.3) is 32.8 Å². The Morgan fingerprint density at radius 3 is 2.19 bits per heavy atom. The minimum absolute atomic E-state index is 0.375. The number of fused-ring (bicyclic) bond motifs is 2. The van der Waals surface area contributed by atoms with Crippen molar-refractivity contribution in [3.63, 3.8) is 0 Å². The van der Waals surface area contributed by atoms with E-state index in [0.29, 0.717) is 16.7 Å². The highest BCUT2D eigenvalue weighted by Gasteiger charge is 2.34. The molecule has 5 heteroatoms. The van der Waals surface area contributed by atoms with E-state index in [4.69, 9.17) is 0 Å². The first-order chi connectivity index (χ1) is 13.1. The normalized spacial score (nSPS) is 14.4. The number of halogens is 1. The summed E-state index contributed by atoms with van der Waals surface area (Å²) in [7, 11) is 0. The molecule has 1 aliphatic rings. The molecule has 4 aromatic rings. The number of imide groups is 1. The Balaban J connectivity index is 1.84. The number of H-pyrrole nitrogens is 1. The van der Waals surface area contributed by atoms with Gasteiger partial charge in [0.05, 0.1) is 11.1 Å². The van der Waals surface area contributed by atoms with Gasteiger partial charge in [-0.25, -0.2) is 0 Å². The topological polar surface area (TPSA) is 62.0 Å². The summed E-state index contributed by atoms with van der Waals surface area (Å²) >= 11 is 3.65. The molecule has 2 heterocycles. The predicted octanol–water partition coefficient (Wildman–Crippen LogP) is 4.65. The van der Waals surface area contributed by atoms with Crippen molar-refractivity contribution in [2.24, 2.45) is 0 Å². The smallest absolute Gasteiger partial charge is 0.259 e. The molecule has 5 rings (SSSR count). The minimum Gasteiger partial charge on any atom is -0.361 e. The molecule has 0 unspecified atom stereocenters. The van der Waals surface area contributed by atoms with Crippen molar-refractivity contribution in [3.8, 4) is 0 Å². The molecule has 0 aliphatic carbocycles. The lowest BCUT2D eigenvalue weighted by Crippen LogP contribution is -2.22. The van der Waals surface area contributed by atoms with Crippen molar-refractivity contribution >= 4 is 60.6 Å². The largest absolute Gasteiger partial charge is 0.361 e. The van der Waals surface area contributed by atoms with Gasteiger partial charge in [-0.1, -0.05) is 54.6 Å². The van der Waals surface area contributed by atoms with E-state index in [1.54, 1.807) is 6.20 Å². The maximum absolute atomic E-state index is 12.7. The first-order valence-corrected chi connectivity index (χ1v) is 9.28. The van der Waals surface area contributed by atoms with E-state index in [2.05, 4.69) is 26.2 Å². The fourth-order valence-corrected chi connectivity index (χ4v) is 4.37. The van der Waals surface area contributed by atoms with Crippen molar-refractivity contribution in [1.82, 2.24) is 10.3 Å². The van der Waals surface area contributed by atoms with Crippen LogP contribution in [0.15, 0.2) is 71.3 Å². The highest BCUT2D eigenvalue weighted by Crippen LogP contribution is 2.39. The monoisotopic (exact) mass is 416 g/mol. The van der Waals surface area contributed by atoms with Gasteiger partial charge in [-0.05, 0) is 32.8 Å². The molecule has 2 N–H and O–H groups in total. The van der Waals surface area contributed by atoms with Crippen LogP contribution in [0.4, 0.5) is 0 Å². The molecular weight excluding hydrogens is 404 g/mol. The lowest BCUT2D eigenvalue weighted by molar-refractivity contribution is -0.122. The maximum Gasteiger partial charge on any atom is 0.259 e. The van der Waals surface area contributed by atoms with E-state index in [1.807, 2.05) is 60.7 Å². The third-order valence-corrected chi connectivity index (χ3v) is 5.78. The van der Waals surface area contributed by atoms with Gasteiger partial charge in [-0.2, -0.15) is 0 Å². The van der Waals surface area contributed by atoms with Gasteiger partial charge in [-0.3, -0.25) is 14.9 Å².